The second-order valence-electron chi connectivity index (χ2n) is 8.34. The number of nitrogens with one attached hydrogen (secondary N) is 1. The lowest BCUT2D eigenvalue weighted by atomic mass is 9.87. The molecule has 0 fully saturated rings. The van der Waals surface area contributed by atoms with Gasteiger partial charge in [-0.25, -0.2) is 9.97 Å². The molecule has 1 N–H and O–H groups in total. The Balaban J connectivity index is 1.47. The summed E-state index contributed by atoms with van der Waals surface area (Å²) in [5.41, 5.74) is 4.76. The van der Waals surface area contributed by atoms with Gasteiger partial charge in [0.15, 0.2) is 0 Å². The molecule has 0 aliphatic carbocycles. The van der Waals surface area contributed by atoms with Gasteiger partial charge in [-0.1, -0.05) is 26.0 Å². The summed E-state index contributed by atoms with van der Waals surface area (Å²) in [5, 5.41) is 3.45. The average Bonchev–Trinajstić information content (AvgIpc) is 2.81. The van der Waals surface area contributed by atoms with Gasteiger partial charge < -0.3 is 15.0 Å². The van der Waals surface area contributed by atoms with Gasteiger partial charge in [-0.05, 0) is 42.5 Å². The molecule has 2 aromatic heterocycles. The van der Waals surface area contributed by atoms with Crippen LogP contribution in [0.3, 0.4) is 0 Å². The van der Waals surface area contributed by atoms with Crippen LogP contribution >= 0.6 is 0 Å². The number of carbonyl (C=O) groups is 1. The quantitative estimate of drug-likeness (QED) is 0.621. The summed E-state index contributed by atoms with van der Waals surface area (Å²) in [7, 11) is 0. The van der Waals surface area contributed by atoms with E-state index >= 15 is 0 Å². The lowest BCUT2D eigenvalue weighted by Crippen LogP contribution is -2.36. The molecule has 4 rings (SSSR count). The third kappa shape index (κ3) is 4.56. The van der Waals surface area contributed by atoms with Crippen molar-refractivity contribution < 1.29 is 9.53 Å². The van der Waals surface area contributed by atoms with Crippen molar-refractivity contribution in [2.24, 2.45) is 5.92 Å². The summed E-state index contributed by atoms with van der Waals surface area (Å²) in [5.74, 6) is 2.18. The van der Waals surface area contributed by atoms with Gasteiger partial charge in [-0.2, -0.15) is 0 Å². The van der Waals surface area contributed by atoms with Crippen LogP contribution in [0.25, 0.3) is 11.3 Å². The number of fused-ring (bicyclic) bond motifs is 1. The minimum Gasteiger partial charge on any atom is -0.489 e. The van der Waals surface area contributed by atoms with Crippen LogP contribution in [0.4, 0.5) is 11.5 Å². The summed E-state index contributed by atoms with van der Waals surface area (Å²) < 4.78 is 6.00. The number of rotatable bonds is 6. The minimum absolute atomic E-state index is 0.0393. The molecule has 1 aliphatic heterocycles. The molecule has 166 valence electrons. The first kappa shape index (κ1) is 21.7. The Kier molecular flexibility index (Phi) is 6.35. The highest BCUT2D eigenvalue weighted by molar-refractivity contribution is 5.94. The van der Waals surface area contributed by atoms with Gasteiger partial charge in [0, 0.05) is 37.0 Å². The smallest absolute Gasteiger partial charge is 0.224 e. The lowest BCUT2D eigenvalue weighted by Gasteiger charge is -2.32. The van der Waals surface area contributed by atoms with Gasteiger partial charge in [0.25, 0.3) is 0 Å². The largest absolute Gasteiger partial charge is 0.489 e. The fourth-order valence-electron chi connectivity index (χ4n) is 3.94. The van der Waals surface area contributed by atoms with Crippen molar-refractivity contribution in [3.05, 3.63) is 60.2 Å². The molecule has 0 saturated carbocycles. The molecule has 0 spiro atoms. The molecule has 1 aromatic carbocycles. The zero-order valence-electron chi connectivity index (χ0n) is 19.0. The summed E-state index contributed by atoms with van der Waals surface area (Å²) in [6.07, 6.45) is 3.40. The zero-order valence-corrected chi connectivity index (χ0v) is 19.0. The summed E-state index contributed by atoms with van der Waals surface area (Å²) in [6.45, 7) is 9.80. The number of hydrogen-bond acceptors (Lipinski definition) is 6. The molecule has 0 bridgehead atoms. The maximum Gasteiger partial charge on any atom is 0.224 e. The molecule has 1 aliphatic rings. The lowest BCUT2D eigenvalue weighted by molar-refractivity contribution is -0.116. The number of anilines is 2. The molecule has 7 nitrogen and oxygen atoms in total. The van der Waals surface area contributed by atoms with Crippen molar-refractivity contribution in [3.8, 4) is 17.0 Å². The number of pyridine rings is 1. The van der Waals surface area contributed by atoms with Crippen LogP contribution < -0.4 is 15.0 Å². The Hall–Kier alpha value is -3.48. The predicted octanol–water partition coefficient (Wildman–Crippen LogP) is 4.44. The monoisotopic (exact) mass is 431 g/mol. The van der Waals surface area contributed by atoms with Crippen LogP contribution in [-0.2, 0) is 4.79 Å². The Morgan fingerprint density at radius 3 is 2.78 bits per heavy atom. The van der Waals surface area contributed by atoms with E-state index in [0.717, 1.165) is 46.3 Å². The van der Waals surface area contributed by atoms with Gasteiger partial charge in [0.1, 0.15) is 24.5 Å². The maximum absolute atomic E-state index is 12.0. The standard InChI is InChI=1S/C25H29N5O2/c1-16(13-27-24-12-22(28-15-29-24)20-9-8-17(2)26-14-20)18(3)21-6-5-7-23-25(21)32-11-10-30(23)19(4)31/h5-9,12,14-16,18H,10-11,13H2,1-4H3,(H,27,28,29)/t16-,18?/m1/s1. The molecule has 1 unspecified atom stereocenters. The van der Waals surface area contributed by atoms with E-state index in [1.54, 1.807) is 18.2 Å². The highest BCUT2D eigenvalue weighted by atomic mass is 16.5. The summed E-state index contributed by atoms with van der Waals surface area (Å²) >= 11 is 0. The molecular weight excluding hydrogens is 402 g/mol. The fourth-order valence-corrected chi connectivity index (χ4v) is 3.94. The van der Waals surface area contributed by atoms with E-state index in [-0.39, 0.29) is 11.8 Å². The minimum atomic E-state index is 0.0393. The van der Waals surface area contributed by atoms with Crippen LogP contribution in [0, 0.1) is 12.8 Å². The molecule has 1 amide bonds. The second kappa shape index (κ2) is 9.34. The number of amides is 1. The van der Waals surface area contributed by atoms with E-state index in [9.17, 15) is 4.79 Å². The Morgan fingerprint density at radius 1 is 1.19 bits per heavy atom. The Bertz CT molecular complexity index is 1100. The van der Waals surface area contributed by atoms with Crippen molar-refractivity contribution >= 4 is 17.4 Å². The molecule has 7 heteroatoms. The van der Waals surface area contributed by atoms with Gasteiger partial charge in [-0.15, -0.1) is 0 Å². The first-order valence-corrected chi connectivity index (χ1v) is 11.0. The maximum atomic E-state index is 12.0. The number of para-hydroxylation sites is 1. The summed E-state index contributed by atoms with van der Waals surface area (Å²) in [6, 6.07) is 12.0. The number of aromatic nitrogens is 3. The third-order valence-electron chi connectivity index (χ3n) is 6.08. The van der Waals surface area contributed by atoms with E-state index in [2.05, 4.69) is 40.2 Å². The molecule has 32 heavy (non-hydrogen) atoms. The van der Waals surface area contributed by atoms with Crippen LogP contribution in [-0.4, -0.2) is 40.6 Å². The first-order chi connectivity index (χ1) is 15.4. The van der Waals surface area contributed by atoms with E-state index in [0.29, 0.717) is 19.1 Å². The number of benzene rings is 1. The highest BCUT2D eigenvalue weighted by Crippen LogP contribution is 2.40. The van der Waals surface area contributed by atoms with Gasteiger partial charge in [0.05, 0.1) is 17.9 Å². The molecule has 3 aromatic rings. The second-order valence-corrected chi connectivity index (χ2v) is 8.34. The predicted molar refractivity (Wildman–Crippen MR) is 126 cm³/mol. The number of aryl methyl sites for hydroxylation is 1. The molecule has 0 radical (unpaired) electrons. The Morgan fingerprint density at radius 2 is 2.03 bits per heavy atom. The number of nitrogens with zero attached hydrogens (tertiary/aromatic N) is 4. The number of ether oxygens (including phenoxy) is 1. The van der Waals surface area contributed by atoms with Crippen molar-refractivity contribution in [3.63, 3.8) is 0 Å². The number of hydrogen-bond donors (Lipinski definition) is 1. The van der Waals surface area contributed by atoms with Crippen molar-refractivity contribution in [1.82, 2.24) is 15.0 Å². The highest BCUT2D eigenvalue weighted by Gasteiger charge is 2.27. The van der Waals surface area contributed by atoms with Crippen molar-refractivity contribution in [1.29, 1.82) is 0 Å². The van der Waals surface area contributed by atoms with E-state index in [1.165, 1.54) is 0 Å². The molecule has 3 heterocycles. The normalized spacial score (nSPS) is 14.8. The van der Waals surface area contributed by atoms with Gasteiger partial charge in [-0.3, -0.25) is 9.78 Å². The first-order valence-electron chi connectivity index (χ1n) is 11.0. The van der Waals surface area contributed by atoms with Crippen LogP contribution in [0.1, 0.15) is 37.9 Å². The van der Waals surface area contributed by atoms with Crippen molar-refractivity contribution in [2.75, 3.05) is 29.9 Å². The molecule has 2 atom stereocenters. The van der Waals surface area contributed by atoms with E-state index in [4.69, 9.17) is 4.74 Å². The zero-order chi connectivity index (χ0) is 22.7. The van der Waals surface area contributed by atoms with Crippen LogP contribution in [0.5, 0.6) is 5.75 Å². The number of carbonyl (C=O) groups excluding carboxylic acids is 1. The Labute approximate surface area is 188 Å². The molecule has 0 saturated heterocycles. The van der Waals surface area contributed by atoms with Crippen LogP contribution in [0.15, 0.2) is 48.9 Å². The topological polar surface area (TPSA) is 80.2 Å². The third-order valence-corrected chi connectivity index (χ3v) is 6.08. The fraction of sp³-hybridized carbons (Fsp3) is 0.360. The van der Waals surface area contributed by atoms with Gasteiger partial charge in [0.2, 0.25) is 5.91 Å². The molecular formula is C25H29N5O2. The van der Waals surface area contributed by atoms with E-state index < -0.39 is 0 Å². The van der Waals surface area contributed by atoms with Crippen molar-refractivity contribution in [2.45, 2.75) is 33.6 Å². The van der Waals surface area contributed by atoms with Crippen LogP contribution in [0.2, 0.25) is 0 Å². The van der Waals surface area contributed by atoms with E-state index in [1.807, 2.05) is 43.5 Å². The summed E-state index contributed by atoms with van der Waals surface area (Å²) in [4.78, 5) is 26.9. The average molecular weight is 432 g/mol. The van der Waals surface area contributed by atoms with Gasteiger partial charge >= 0.3 is 0 Å². The SMILES string of the molecule is CC(=O)N1CCOc2c(C(C)[C@H](C)CNc3cc(-c4ccc(C)nc4)ncn3)cccc21.